The third kappa shape index (κ3) is 7.40. The normalized spacial score (nSPS) is 19.1. The van der Waals surface area contributed by atoms with Crippen LogP contribution in [-0.4, -0.2) is 36.3 Å². The highest BCUT2D eigenvalue weighted by molar-refractivity contribution is 7.91. The molecule has 1 aliphatic rings. The minimum absolute atomic E-state index is 0.0613. The molecule has 4 rings (SSSR count). The molecule has 1 aromatic carbocycles. The average Bonchev–Trinajstić information content (AvgIpc) is 3.56. The zero-order valence-electron chi connectivity index (χ0n) is 26.8. The van der Waals surface area contributed by atoms with E-state index in [1.165, 1.54) is 23.2 Å². The van der Waals surface area contributed by atoms with E-state index in [1.54, 1.807) is 18.2 Å². The second-order valence-corrected chi connectivity index (χ2v) is 27.1. The molecule has 232 valence electrons. The lowest BCUT2D eigenvalue weighted by Crippen LogP contribution is -2.44. The summed E-state index contributed by atoms with van der Waals surface area (Å²) in [7, 11) is -7.73. The lowest BCUT2D eigenvalue weighted by Gasteiger charge is -2.39. The molecule has 0 atom stereocenters. The summed E-state index contributed by atoms with van der Waals surface area (Å²) in [5.74, 6) is 2.11. The maximum Gasteiger partial charge on any atom is 0.250 e. The van der Waals surface area contributed by atoms with Gasteiger partial charge in [-0.15, -0.1) is 11.3 Å². The fraction of sp³-hybridized carbons (Fsp3) is 0.581. The summed E-state index contributed by atoms with van der Waals surface area (Å²) in [5, 5.41) is 4.07. The SMILES string of the molecule is CC(C)(C)[Si](C)(C)Oc1ccc(C2CCC(NS(=O)(=O)c3ccc(-c4ccon4)s3)CC2)c(O[Si](C)(C)C(C)(C)C)c1. The highest BCUT2D eigenvalue weighted by Gasteiger charge is 2.41. The van der Waals surface area contributed by atoms with Gasteiger partial charge < -0.3 is 13.4 Å². The van der Waals surface area contributed by atoms with Crippen molar-refractivity contribution >= 4 is 38.0 Å². The summed E-state index contributed by atoms with van der Waals surface area (Å²) in [5.41, 5.74) is 1.85. The van der Waals surface area contributed by atoms with E-state index in [2.05, 4.69) is 95.8 Å². The molecular weight excluding hydrogens is 601 g/mol. The summed E-state index contributed by atoms with van der Waals surface area (Å²) in [6.45, 7) is 22.6. The maximum atomic E-state index is 13.2. The van der Waals surface area contributed by atoms with Crippen LogP contribution in [0.3, 0.4) is 0 Å². The van der Waals surface area contributed by atoms with E-state index in [9.17, 15) is 8.42 Å². The van der Waals surface area contributed by atoms with Crippen LogP contribution < -0.4 is 13.6 Å². The van der Waals surface area contributed by atoms with E-state index < -0.39 is 26.7 Å². The number of hydrogen-bond acceptors (Lipinski definition) is 7. The van der Waals surface area contributed by atoms with Gasteiger partial charge in [-0.25, -0.2) is 13.1 Å². The molecule has 1 aliphatic carbocycles. The second-order valence-electron chi connectivity index (χ2n) is 14.6. The molecule has 11 heteroatoms. The number of hydrogen-bond donors (Lipinski definition) is 1. The summed E-state index contributed by atoms with van der Waals surface area (Å²) >= 11 is 1.20. The Hall–Kier alpha value is -1.93. The first-order chi connectivity index (χ1) is 19.3. The second kappa shape index (κ2) is 11.9. The number of aromatic nitrogens is 1. The Kier molecular flexibility index (Phi) is 9.32. The molecule has 0 amide bonds. The summed E-state index contributed by atoms with van der Waals surface area (Å²) in [6, 6.07) is 11.5. The van der Waals surface area contributed by atoms with Gasteiger partial charge in [0, 0.05) is 18.2 Å². The number of nitrogens with one attached hydrogen (secondary N) is 1. The summed E-state index contributed by atoms with van der Waals surface area (Å²) in [6.07, 6.45) is 4.80. The zero-order valence-corrected chi connectivity index (χ0v) is 30.5. The molecule has 2 aromatic heterocycles. The van der Waals surface area contributed by atoms with Crippen LogP contribution >= 0.6 is 11.3 Å². The van der Waals surface area contributed by atoms with Gasteiger partial charge in [0.15, 0.2) is 0 Å². The van der Waals surface area contributed by atoms with Crippen molar-refractivity contribution in [1.29, 1.82) is 0 Å². The topological polar surface area (TPSA) is 90.7 Å². The highest BCUT2D eigenvalue weighted by Crippen LogP contribution is 2.45. The molecule has 0 saturated heterocycles. The number of sulfonamides is 1. The average molecular weight is 649 g/mol. The van der Waals surface area contributed by atoms with E-state index in [4.69, 9.17) is 13.4 Å². The third-order valence-corrected chi connectivity index (χ3v) is 21.2. The fourth-order valence-electron chi connectivity index (χ4n) is 4.62. The van der Waals surface area contributed by atoms with Gasteiger partial charge in [0.2, 0.25) is 26.7 Å². The Morgan fingerprint density at radius 2 is 1.50 bits per heavy atom. The van der Waals surface area contributed by atoms with Crippen LogP contribution in [0.15, 0.2) is 51.4 Å². The third-order valence-electron chi connectivity index (χ3n) is 9.36. The maximum absolute atomic E-state index is 13.2. The Morgan fingerprint density at radius 3 is 2.07 bits per heavy atom. The minimum Gasteiger partial charge on any atom is -0.543 e. The number of nitrogens with zero attached hydrogens (tertiary/aromatic N) is 1. The molecular formula is C31H48N2O5S2Si2. The van der Waals surface area contributed by atoms with Crippen molar-refractivity contribution < 1.29 is 21.8 Å². The van der Waals surface area contributed by atoms with Gasteiger partial charge in [0.25, 0.3) is 0 Å². The Morgan fingerprint density at radius 1 is 0.881 bits per heavy atom. The molecule has 3 aromatic rings. The largest absolute Gasteiger partial charge is 0.543 e. The number of rotatable bonds is 9. The van der Waals surface area contributed by atoms with Crippen LogP contribution in [0.4, 0.5) is 0 Å². The molecule has 2 heterocycles. The Balaban J connectivity index is 1.50. The van der Waals surface area contributed by atoms with Crippen molar-refractivity contribution in [2.24, 2.45) is 0 Å². The molecule has 7 nitrogen and oxygen atoms in total. The van der Waals surface area contributed by atoms with Crippen molar-refractivity contribution in [2.45, 2.75) is 120 Å². The molecule has 42 heavy (non-hydrogen) atoms. The Bertz CT molecular complexity index is 1460. The lowest BCUT2D eigenvalue weighted by atomic mass is 9.81. The van der Waals surface area contributed by atoms with Crippen LogP contribution in [0.5, 0.6) is 11.5 Å². The van der Waals surface area contributed by atoms with E-state index in [1.807, 2.05) is 0 Å². The molecule has 0 bridgehead atoms. The quantitative estimate of drug-likeness (QED) is 0.233. The first-order valence-electron chi connectivity index (χ1n) is 14.8. The first kappa shape index (κ1) is 33.0. The van der Waals surface area contributed by atoms with E-state index in [-0.39, 0.29) is 16.1 Å². The van der Waals surface area contributed by atoms with Crippen LogP contribution in [0.2, 0.25) is 36.3 Å². The molecule has 1 saturated carbocycles. The molecule has 1 fully saturated rings. The summed E-state index contributed by atoms with van der Waals surface area (Å²) < 4.78 is 48.2. The van der Waals surface area contributed by atoms with Crippen molar-refractivity contribution in [2.75, 3.05) is 0 Å². The summed E-state index contributed by atoms with van der Waals surface area (Å²) in [4.78, 5) is 0.767. The van der Waals surface area contributed by atoms with Gasteiger partial charge >= 0.3 is 0 Å². The number of benzene rings is 1. The molecule has 0 unspecified atom stereocenters. The predicted octanol–water partition coefficient (Wildman–Crippen LogP) is 9.18. The van der Waals surface area contributed by atoms with Crippen LogP contribution in [0, 0.1) is 0 Å². The standard InChI is InChI=1S/C31H48N2O5S2Si2/c1-30(2,3)41(7,8)37-24-15-16-25(27(21-24)38-42(9,10)31(4,5)6)22-11-13-23(14-12-22)33-40(34,35)29-18-17-28(39-29)26-19-20-36-32-26/h15-23,33H,11-14H2,1-10H3. The van der Waals surface area contributed by atoms with Crippen LogP contribution in [0.25, 0.3) is 10.6 Å². The minimum atomic E-state index is -3.62. The molecule has 0 spiro atoms. The fourth-order valence-corrected chi connectivity index (χ4v) is 9.27. The molecule has 0 radical (unpaired) electrons. The van der Waals surface area contributed by atoms with Crippen molar-refractivity contribution in [3.63, 3.8) is 0 Å². The van der Waals surface area contributed by atoms with Gasteiger partial charge in [0.05, 0.1) is 4.88 Å². The van der Waals surface area contributed by atoms with Crippen molar-refractivity contribution in [1.82, 2.24) is 9.88 Å². The van der Waals surface area contributed by atoms with Gasteiger partial charge in [-0.3, -0.25) is 0 Å². The molecule has 1 N–H and O–H groups in total. The van der Waals surface area contributed by atoms with E-state index >= 15 is 0 Å². The smallest absolute Gasteiger partial charge is 0.250 e. The highest BCUT2D eigenvalue weighted by atomic mass is 32.2. The predicted molar refractivity (Wildman–Crippen MR) is 177 cm³/mol. The lowest BCUT2D eigenvalue weighted by molar-refractivity contribution is 0.367. The monoisotopic (exact) mass is 648 g/mol. The van der Waals surface area contributed by atoms with Crippen molar-refractivity contribution in [3.05, 3.63) is 48.2 Å². The van der Waals surface area contributed by atoms with Crippen molar-refractivity contribution in [3.8, 4) is 22.1 Å². The Labute approximate surface area is 258 Å². The van der Waals surface area contributed by atoms with E-state index in [0.29, 0.717) is 15.8 Å². The molecule has 0 aliphatic heterocycles. The van der Waals surface area contributed by atoms with Gasteiger partial charge in [-0.05, 0) is 91.6 Å². The van der Waals surface area contributed by atoms with E-state index in [0.717, 1.165) is 42.1 Å². The number of thiophene rings is 1. The van der Waals surface area contributed by atoms with Crippen LogP contribution in [0.1, 0.15) is 78.7 Å². The van der Waals surface area contributed by atoms with Gasteiger partial charge in [0.1, 0.15) is 27.7 Å². The zero-order chi connectivity index (χ0) is 31.1. The van der Waals surface area contributed by atoms with Gasteiger partial charge in [-0.1, -0.05) is 52.8 Å². The van der Waals surface area contributed by atoms with Gasteiger partial charge in [-0.2, -0.15) is 0 Å². The van der Waals surface area contributed by atoms with Crippen LogP contribution in [-0.2, 0) is 10.0 Å². The first-order valence-corrected chi connectivity index (χ1v) is 23.0.